The first-order valence-corrected chi connectivity index (χ1v) is 6.92. The number of anilines is 1. The summed E-state index contributed by atoms with van der Waals surface area (Å²) in [6.45, 7) is 2.15. The number of allylic oxidation sites excluding steroid dienone is 1. The van der Waals surface area contributed by atoms with Gasteiger partial charge in [-0.05, 0) is 36.2 Å². The molecular formula is C18H19NO. The highest BCUT2D eigenvalue weighted by Gasteiger charge is 2.04. The van der Waals surface area contributed by atoms with Crippen molar-refractivity contribution in [3.05, 3.63) is 71.8 Å². The highest BCUT2D eigenvalue weighted by atomic mass is 16.1. The molecule has 2 aromatic rings. The number of carbonyl (C=O) groups is 1. The number of unbranched alkanes of at least 4 members (excludes halogenated alkanes) is 1. The van der Waals surface area contributed by atoms with Crippen molar-refractivity contribution in [2.75, 3.05) is 5.32 Å². The fourth-order valence-corrected chi connectivity index (χ4v) is 1.86. The molecule has 0 unspecified atom stereocenters. The van der Waals surface area contributed by atoms with E-state index in [2.05, 4.69) is 24.4 Å². The van der Waals surface area contributed by atoms with Crippen LogP contribution >= 0.6 is 0 Å². The van der Waals surface area contributed by atoms with Crippen LogP contribution in [-0.2, 0) is 0 Å². The predicted octanol–water partition coefficient (Wildman–Crippen LogP) is 4.75. The Morgan fingerprint density at radius 2 is 1.75 bits per heavy atom. The summed E-state index contributed by atoms with van der Waals surface area (Å²) >= 11 is 0. The van der Waals surface area contributed by atoms with Crippen LogP contribution in [0.2, 0.25) is 0 Å². The normalized spacial score (nSPS) is 10.7. The van der Waals surface area contributed by atoms with Crippen molar-refractivity contribution in [3.63, 3.8) is 0 Å². The van der Waals surface area contributed by atoms with Gasteiger partial charge in [-0.2, -0.15) is 0 Å². The van der Waals surface area contributed by atoms with E-state index in [9.17, 15) is 4.79 Å². The van der Waals surface area contributed by atoms with E-state index in [1.54, 1.807) is 0 Å². The lowest BCUT2D eigenvalue weighted by Crippen LogP contribution is -2.11. The smallest absolute Gasteiger partial charge is 0.255 e. The maximum atomic E-state index is 12.1. The van der Waals surface area contributed by atoms with Crippen LogP contribution in [0.1, 0.15) is 35.7 Å². The minimum absolute atomic E-state index is 0.0831. The van der Waals surface area contributed by atoms with Crippen LogP contribution < -0.4 is 5.32 Å². The zero-order chi connectivity index (χ0) is 14.2. The molecule has 0 spiro atoms. The Bertz CT molecular complexity index is 570. The molecule has 1 N–H and O–H groups in total. The van der Waals surface area contributed by atoms with Gasteiger partial charge in [-0.15, -0.1) is 0 Å². The van der Waals surface area contributed by atoms with E-state index >= 15 is 0 Å². The van der Waals surface area contributed by atoms with Crippen molar-refractivity contribution in [2.24, 2.45) is 0 Å². The van der Waals surface area contributed by atoms with Crippen molar-refractivity contribution in [1.29, 1.82) is 0 Å². The minimum Gasteiger partial charge on any atom is -0.322 e. The van der Waals surface area contributed by atoms with Gasteiger partial charge in [0.2, 0.25) is 0 Å². The molecule has 102 valence electrons. The van der Waals surface area contributed by atoms with E-state index in [-0.39, 0.29) is 5.91 Å². The summed E-state index contributed by atoms with van der Waals surface area (Å²) in [6.07, 6.45) is 6.46. The van der Waals surface area contributed by atoms with E-state index < -0.39 is 0 Å². The van der Waals surface area contributed by atoms with Crippen LogP contribution in [0.4, 0.5) is 5.69 Å². The van der Waals surface area contributed by atoms with E-state index in [0.717, 1.165) is 24.1 Å². The molecule has 2 nitrogen and oxygen atoms in total. The van der Waals surface area contributed by atoms with E-state index in [0.29, 0.717) is 5.56 Å². The van der Waals surface area contributed by atoms with Crippen LogP contribution in [0.5, 0.6) is 0 Å². The average Bonchev–Trinajstić information content (AvgIpc) is 2.49. The van der Waals surface area contributed by atoms with Crippen LogP contribution in [-0.4, -0.2) is 5.91 Å². The van der Waals surface area contributed by atoms with Crippen LogP contribution in [0.25, 0.3) is 6.08 Å². The second-order valence-electron chi connectivity index (χ2n) is 4.63. The monoisotopic (exact) mass is 265 g/mol. The molecule has 0 saturated carbocycles. The molecule has 0 atom stereocenters. The molecule has 2 aromatic carbocycles. The molecule has 0 saturated heterocycles. The standard InChI is InChI=1S/C18H19NO/c1-2-3-5-8-15-11-13-16(14-12-15)18(20)19-17-9-6-4-7-10-17/h4-14H,2-3H2,1H3,(H,19,20)/b8-5+. The molecular weight excluding hydrogens is 246 g/mol. The first-order valence-electron chi connectivity index (χ1n) is 6.92. The quantitative estimate of drug-likeness (QED) is 0.830. The van der Waals surface area contributed by atoms with Gasteiger partial charge in [-0.1, -0.05) is 55.8 Å². The van der Waals surface area contributed by atoms with Gasteiger partial charge in [-0.3, -0.25) is 4.79 Å². The maximum absolute atomic E-state index is 12.1. The number of para-hydroxylation sites is 1. The molecule has 20 heavy (non-hydrogen) atoms. The van der Waals surface area contributed by atoms with Gasteiger partial charge in [0, 0.05) is 11.3 Å². The van der Waals surface area contributed by atoms with Gasteiger partial charge >= 0.3 is 0 Å². The van der Waals surface area contributed by atoms with Crippen LogP contribution in [0, 0.1) is 0 Å². The van der Waals surface area contributed by atoms with Gasteiger partial charge in [0.25, 0.3) is 5.91 Å². The third kappa shape index (κ3) is 4.09. The van der Waals surface area contributed by atoms with Gasteiger partial charge in [0.15, 0.2) is 0 Å². The van der Waals surface area contributed by atoms with E-state index in [1.807, 2.05) is 54.6 Å². The highest BCUT2D eigenvalue weighted by Crippen LogP contribution is 2.11. The molecule has 0 radical (unpaired) electrons. The molecule has 0 heterocycles. The Hall–Kier alpha value is -2.35. The number of hydrogen-bond acceptors (Lipinski definition) is 1. The van der Waals surface area contributed by atoms with Crippen molar-refractivity contribution in [2.45, 2.75) is 19.8 Å². The Kier molecular flexibility index (Phi) is 5.13. The summed E-state index contributed by atoms with van der Waals surface area (Å²) in [5.41, 5.74) is 2.60. The molecule has 0 bridgehead atoms. The first-order chi connectivity index (χ1) is 9.79. The summed E-state index contributed by atoms with van der Waals surface area (Å²) in [7, 11) is 0. The van der Waals surface area contributed by atoms with Crippen LogP contribution in [0.3, 0.4) is 0 Å². The molecule has 0 aliphatic heterocycles. The van der Waals surface area contributed by atoms with Crippen LogP contribution in [0.15, 0.2) is 60.7 Å². The molecule has 0 fully saturated rings. The average molecular weight is 265 g/mol. The summed E-state index contributed by atoms with van der Waals surface area (Å²) in [4.78, 5) is 12.1. The number of nitrogens with one attached hydrogen (secondary N) is 1. The van der Waals surface area contributed by atoms with E-state index in [4.69, 9.17) is 0 Å². The lowest BCUT2D eigenvalue weighted by molar-refractivity contribution is 0.102. The Morgan fingerprint density at radius 1 is 1.05 bits per heavy atom. The molecule has 2 heteroatoms. The third-order valence-electron chi connectivity index (χ3n) is 2.97. The van der Waals surface area contributed by atoms with Gasteiger partial charge < -0.3 is 5.32 Å². The minimum atomic E-state index is -0.0831. The van der Waals surface area contributed by atoms with Gasteiger partial charge in [0.05, 0.1) is 0 Å². The molecule has 0 aromatic heterocycles. The van der Waals surface area contributed by atoms with Gasteiger partial charge in [0.1, 0.15) is 0 Å². The van der Waals surface area contributed by atoms with E-state index in [1.165, 1.54) is 0 Å². The Morgan fingerprint density at radius 3 is 2.40 bits per heavy atom. The lowest BCUT2D eigenvalue weighted by Gasteiger charge is -2.05. The molecule has 1 amide bonds. The molecule has 0 aliphatic rings. The van der Waals surface area contributed by atoms with Gasteiger partial charge in [-0.25, -0.2) is 0 Å². The number of amides is 1. The van der Waals surface area contributed by atoms with Crippen molar-refractivity contribution in [1.82, 2.24) is 0 Å². The summed E-state index contributed by atoms with van der Waals surface area (Å²) in [5.74, 6) is -0.0831. The number of benzene rings is 2. The zero-order valence-electron chi connectivity index (χ0n) is 11.7. The Balaban J connectivity index is 2.00. The van der Waals surface area contributed by atoms with Crippen molar-refractivity contribution < 1.29 is 4.79 Å². The predicted molar refractivity (Wildman–Crippen MR) is 84.8 cm³/mol. The first kappa shape index (κ1) is 14.1. The SMILES string of the molecule is CCC/C=C/c1ccc(C(=O)Nc2ccccc2)cc1. The van der Waals surface area contributed by atoms with Crippen molar-refractivity contribution >= 4 is 17.7 Å². The molecule has 2 rings (SSSR count). The topological polar surface area (TPSA) is 29.1 Å². The number of hydrogen-bond donors (Lipinski definition) is 1. The largest absolute Gasteiger partial charge is 0.322 e. The Labute approximate surface area is 120 Å². The lowest BCUT2D eigenvalue weighted by atomic mass is 10.1. The zero-order valence-corrected chi connectivity index (χ0v) is 11.7. The fourth-order valence-electron chi connectivity index (χ4n) is 1.86. The second kappa shape index (κ2) is 7.29. The highest BCUT2D eigenvalue weighted by molar-refractivity contribution is 6.04. The number of rotatable bonds is 5. The fraction of sp³-hybridized carbons (Fsp3) is 0.167. The second-order valence-corrected chi connectivity index (χ2v) is 4.63. The summed E-state index contributed by atoms with van der Waals surface area (Å²) in [6, 6.07) is 17.1. The third-order valence-corrected chi connectivity index (χ3v) is 2.97. The molecule has 0 aliphatic carbocycles. The maximum Gasteiger partial charge on any atom is 0.255 e. The summed E-state index contributed by atoms with van der Waals surface area (Å²) < 4.78 is 0. The van der Waals surface area contributed by atoms with Crippen molar-refractivity contribution in [3.8, 4) is 0 Å². The summed E-state index contributed by atoms with van der Waals surface area (Å²) in [5, 5.41) is 2.87. The number of carbonyl (C=O) groups excluding carboxylic acids is 1.